The normalized spacial score (nSPS) is 11.5. The fraction of sp³-hybridized carbons (Fsp3) is 0.0769. The lowest BCUT2D eigenvalue weighted by Gasteiger charge is -2.18. The maximum Gasteiger partial charge on any atom is 0.417 e. The van der Waals surface area contributed by atoms with Gasteiger partial charge >= 0.3 is 12.4 Å². The maximum absolute atomic E-state index is 13.1. The van der Waals surface area contributed by atoms with Gasteiger partial charge in [-0.3, -0.25) is 0 Å². The maximum atomic E-state index is 13.1. The Labute approximate surface area is 203 Å². The minimum absolute atomic E-state index is 0.194. The van der Waals surface area contributed by atoms with E-state index in [1.807, 2.05) is 48.5 Å². The van der Waals surface area contributed by atoms with Gasteiger partial charge in [0.15, 0.2) is 0 Å². The second kappa shape index (κ2) is 10.1. The van der Waals surface area contributed by atoms with Gasteiger partial charge in [0.05, 0.1) is 11.1 Å². The molecule has 10 heteroatoms. The molecule has 0 unspecified atom stereocenters. The van der Waals surface area contributed by atoms with Crippen LogP contribution < -0.4 is 22.9 Å². The van der Waals surface area contributed by atoms with Crippen LogP contribution in [0.5, 0.6) is 0 Å². The number of anilines is 4. The van der Waals surface area contributed by atoms with E-state index in [2.05, 4.69) is 0 Å². The van der Waals surface area contributed by atoms with E-state index in [1.54, 1.807) is 0 Å². The third-order valence-corrected chi connectivity index (χ3v) is 5.20. The van der Waals surface area contributed by atoms with Crippen molar-refractivity contribution in [3.63, 3.8) is 0 Å². The minimum atomic E-state index is -4.84. The largest absolute Gasteiger partial charge is 0.417 e. The van der Waals surface area contributed by atoms with Crippen molar-refractivity contribution in [1.29, 1.82) is 0 Å². The van der Waals surface area contributed by atoms with Gasteiger partial charge in [-0.2, -0.15) is 26.3 Å². The van der Waals surface area contributed by atoms with Crippen molar-refractivity contribution in [2.45, 2.75) is 12.4 Å². The third-order valence-electron chi connectivity index (χ3n) is 5.20. The van der Waals surface area contributed by atoms with E-state index in [0.29, 0.717) is 12.1 Å². The average molecular weight is 504 g/mol. The highest BCUT2D eigenvalue weighted by Crippen LogP contribution is 2.43. The number of nitrogen functional groups attached to an aromatic ring is 4. The van der Waals surface area contributed by atoms with Crippen LogP contribution in [0, 0.1) is 0 Å². The number of halogens is 6. The Hall–Kier alpha value is -4.34. The van der Waals surface area contributed by atoms with Gasteiger partial charge in [0.1, 0.15) is 0 Å². The van der Waals surface area contributed by atoms with Crippen LogP contribution in [-0.2, 0) is 12.4 Å². The number of benzene rings is 4. The first-order valence-corrected chi connectivity index (χ1v) is 10.4. The minimum Gasteiger partial charge on any atom is -0.399 e. The summed E-state index contributed by atoms with van der Waals surface area (Å²) in [5.41, 5.74) is 21.8. The fourth-order valence-corrected chi connectivity index (χ4v) is 3.55. The molecule has 36 heavy (non-hydrogen) atoms. The van der Waals surface area contributed by atoms with Crippen LogP contribution in [0.3, 0.4) is 0 Å². The van der Waals surface area contributed by atoms with Crippen molar-refractivity contribution in [2.24, 2.45) is 0 Å². The Bertz CT molecular complexity index is 1260. The molecule has 0 aliphatic heterocycles. The molecule has 0 saturated heterocycles. The summed E-state index contributed by atoms with van der Waals surface area (Å²) >= 11 is 0. The Balaban J connectivity index is 0.000000221. The van der Waals surface area contributed by atoms with Crippen LogP contribution in [-0.4, -0.2) is 0 Å². The standard InChI is InChI=1S/C14H10F6N2.C12H12N2/c15-13(16,17)11-5-7(21)1-3-9(11)10-4-2-8(22)6-12(10)14(18,19)20;13-11-7-3-1-5-9(11)10-6-2-4-8-12(10)14/h1-6H,21-22H2;1-8H,13-14H2. The first-order valence-electron chi connectivity index (χ1n) is 10.4. The van der Waals surface area contributed by atoms with E-state index in [-0.39, 0.29) is 11.4 Å². The smallest absolute Gasteiger partial charge is 0.399 e. The fourth-order valence-electron chi connectivity index (χ4n) is 3.55. The monoisotopic (exact) mass is 504 g/mol. The molecule has 4 aromatic rings. The summed E-state index contributed by atoms with van der Waals surface area (Å²) in [7, 11) is 0. The molecule has 0 fully saturated rings. The Morgan fingerprint density at radius 3 is 1.06 bits per heavy atom. The first kappa shape index (κ1) is 26.3. The second-order valence-electron chi connectivity index (χ2n) is 7.78. The predicted octanol–water partition coefficient (Wildman–Crippen LogP) is 7.07. The molecule has 8 N–H and O–H groups in total. The van der Waals surface area contributed by atoms with Crippen LogP contribution in [0.1, 0.15) is 11.1 Å². The average Bonchev–Trinajstić information content (AvgIpc) is 2.79. The molecule has 0 heterocycles. The van der Waals surface area contributed by atoms with Crippen LogP contribution >= 0.6 is 0 Å². The van der Waals surface area contributed by atoms with E-state index < -0.39 is 34.6 Å². The molecule has 0 aromatic heterocycles. The van der Waals surface area contributed by atoms with E-state index >= 15 is 0 Å². The Kier molecular flexibility index (Phi) is 7.37. The number of alkyl halides is 6. The van der Waals surface area contributed by atoms with Gasteiger partial charge in [0, 0.05) is 33.9 Å². The van der Waals surface area contributed by atoms with E-state index in [0.717, 1.165) is 46.8 Å². The summed E-state index contributed by atoms with van der Waals surface area (Å²) in [5, 5.41) is 0. The van der Waals surface area contributed by atoms with Crippen LogP contribution in [0.15, 0.2) is 84.9 Å². The van der Waals surface area contributed by atoms with E-state index in [9.17, 15) is 26.3 Å². The Morgan fingerprint density at radius 1 is 0.417 bits per heavy atom. The first-order chi connectivity index (χ1) is 16.8. The topological polar surface area (TPSA) is 104 Å². The molecule has 0 atom stereocenters. The van der Waals surface area contributed by atoms with Crippen molar-refractivity contribution in [3.8, 4) is 22.3 Å². The van der Waals surface area contributed by atoms with Crippen molar-refractivity contribution in [2.75, 3.05) is 22.9 Å². The van der Waals surface area contributed by atoms with E-state index in [4.69, 9.17) is 22.9 Å². The zero-order chi connectivity index (χ0) is 26.7. The molecule has 0 saturated carbocycles. The molecule has 0 amide bonds. The number of hydrogen-bond acceptors (Lipinski definition) is 4. The number of rotatable bonds is 2. The lowest BCUT2D eigenvalue weighted by Crippen LogP contribution is -2.12. The summed E-state index contributed by atoms with van der Waals surface area (Å²) in [4.78, 5) is 0. The highest BCUT2D eigenvalue weighted by atomic mass is 19.4. The molecule has 4 rings (SSSR count). The molecular formula is C26H22F6N4. The van der Waals surface area contributed by atoms with Crippen molar-refractivity contribution >= 4 is 22.7 Å². The van der Waals surface area contributed by atoms with Gasteiger partial charge in [-0.05, 0) is 47.5 Å². The zero-order valence-electron chi connectivity index (χ0n) is 18.7. The van der Waals surface area contributed by atoms with Gasteiger partial charge in [-0.15, -0.1) is 0 Å². The van der Waals surface area contributed by atoms with E-state index in [1.165, 1.54) is 0 Å². The number of para-hydroxylation sites is 2. The van der Waals surface area contributed by atoms with Gasteiger partial charge in [0.25, 0.3) is 0 Å². The molecule has 0 radical (unpaired) electrons. The molecule has 4 nitrogen and oxygen atoms in total. The van der Waals surface area contributed by atoms with Crippen molar-refractivity contribution < 1.29 is 26.3 Å². The molecule has 0 aliphatic rings. The van der Waals surface area contributed by atoms with Crippen LogP contribution in [0.25, 0.3) is 22.3 Å². The molecule has 0 aliphatic carbocycles. The van der Waals surface area contributed by atoms with Gasteiger partial charge in [0.2, 0.25) is 0 Å². The molecule has 0 spiro atoms. The van der Waals surface area contributed by atoms with Gasteiger partial charge in [-0.25, -0.2) is 0 Å². The van der Waals surface area contributed by atoms with Gasteiger partial charge in [-0.1, -0.05) is 48.5 Å². The second-order valence-corrected chi connectivity index (χ2v) is 7.78. The van der Waals surface area contributed by atoms with Crippen LogP contribution in [0.4, 0.5) is 49.1 Å². The highest BCUT2D eigenvalue weighted by Gasteiger charge is 2.38. The molecule has 0 bridgehead atoms. The molecular weight excluding hydrogens is 482 g/mol. The highest BCUT2D eigenvalue weighted by molar-refractivity contribution is 5.83. The third kappa shape index (κ3) is 6.01. The lowest BCUT2D eigenvalue weighted by atomic mass is 9.94. The Morgan fingerprint density at radius 2 is 0.750 bits per heavy atom. The number of nitrogens with two attached hydrogens (primary N) is 4. The molecule has 4 aromatic carbocycles. The summed E-state index contributed by atoms with van der Waals surface area (Å²) in [6, 6.07) is 20.7. The summed E-state index contributed by atoms with van der Waals surface area (Å²) in [5.74, 6) is 0. The van der Waals surface area contributed by atoms with Crippen molar-refractivity contribution in [3.05, 3.63) is 96.1 Å². The summed E-state index contributed by atoms with van der Waals surface area (Å²) in [6.45, 7) is 0. The molecule has 188 valence electrons. The zero-order valence-corrected chi connectivity index (χ0v) is 18.7. The van der Waals surface area contributed by atoms with Crippen LogP contribution in [0.2, 0.25) is 0 Å². The predicted molar refractivity (Wildman–Crippen MR) is 131 cm³/mol. The summed E-state index contributed by atoms with van der Waals surface area (Å²) < 4.78 is 78.4. The SMILES string of the molecule is Nc1ccc(-c2ccc(N)cc2C(F)(F)F)c(C(F)(F)F)c1.Nc1ccccc1-c1ccccc1N. The quantitative estimate of drug-likeness (QED) is 0.173. The lowest BCUT2D eigenvalue weighted by molar-refractivity contribution is -0.139. The summed E-state index contributed by atoms with van der Waals surface area (Å²) in [6.07, 6.45) is -9.68. The van der Waals surface area contributed by atoms with Crippen molar-refractivity contribution in [1.82, 2.24) is 0 Å². The van der Waals surface area contributed by atoms with Gasteiger partial charge < -0.3 is 22.9 Å². The number of hydrogen-bond donors (Lipinski definition) is 4.